The third-order valence-electron chi connectivity index (χ3n) is 1.99. The van der Waals surface area contributed by atoms with Gasteiger partial charge in [-0.1, -0.05) is 0 Å². The van der Waals surface area contributed by atoms with Gasteiger partial charge in [0.05, 0.1) is 0 Å². The number of carboxylic acid groups (broad SMARTS) is 1. The largest absolute Gasteiger partial charge is 0.479 e. The molecule has 1 aromatic rings. The average Bonchev–Trinajstić information content (AvgIpc) is 2.44. The second kappa shape index (κ2) is 4.19. The number of aromatic nitrogens is 3. The van der Waals surface area contributed by atoms with Crippen LogP contribution in [0.4, 0.5) is 0 Å². The van der Waals surface area contributed by atoms with Crippen molar-refractivity contribution in [1.82, 2.24) is 14.8 Å². The summed E-state index contributed by atoms with van der Waals surface area (Å²) in [4.78, 5) is 10.4. The fourth-order valence-electron chi connectivity index (χ4n) is 0.848. The van der Waals surface area contributed by atoms with E-state index in [1.165, 1.54) is 6.92 Å². The summed E-state index contributed by atoms with van der Waals surface area (Å²) in [7, 11) is 1.81. The van der Waals surface area contributed by atoms with Crippen LogP contribution in [0.5, 0.6) is 0 Å². The number of carbonyl (C=O) groups is 1. The van der Waals surface area contributed by atoms with Crippen LogP contribution in [0, 0.1) is 6.92 Å². The fourth-order valence-corrected chi connectivity index (χ4v) is 0.848. The van der Waals surface area contributed by atoms with Crippen molar-refractivity contribution in [3.63, 3.8) is 0 Å². The zero-order valence-electron chi connectivity index (χ0n) is 8.39. The molecule has 0 aromatic carbocycles. The second-order valence-electron chi connectivity index (χ2n) is 3.01. The van der Waals surface area contributed by atoms with Gasteiger partial charge in [-0.15, -0.1) is 10.2 Å². The monoisotopic (exact) mass is 199 g/mol. The lowest BCUT2D eigenvalue weighted by atomic mass is 10.4. The Morgan fingerprint density at radius 2 is 2.29 bits per heavy atom. The highest BCUT2D eigenvalue weighted by Crippen LogP contribution is 2.01. The highest BCUT2D eigenvalue weighted by molar-refractivity contribution is 5.71. The molecule has 1 aromatic heterocycles. The molecule has 14 heavy (non-hydrogen) atoms. The smallest absolute Gasteiger partial charge is 0.332 e. The highest BCUT2D eigenvalue weighted by Gasteiger charge is 2.13. The molecule has 1 N–H and O–H groups in total. The summed E-state index contributed by atoms with van der Waals surface area (Å²) in [5.74, 6) is 0.408. The molecule has 0 spiro atoms. The van der Waals surface area contributed by atoms with Gasteiger partial charge < -0.3 is 14.4 Å². The van der Waals surface area contributed by atoms with Gasteiger partial charge in [-0.2, -0.15) is 0 Å². The van der Waals surface area contributed by atoms with Gasteiger partial charge in [-0.05, 0) is 13.8 Å². The zero-order valence-corrected chi connectivity index (χ0v) is 8.39. The van der Waals surface area contributed by atoms with Gasteiger partial charge in [0.2, 0.25) is 0 Å². The first-order chi connectivity index (χ1) is 6.52. The standard InChI is InChI=1S/C8H13N3O3/c1-5(8(12)13)14-4-7-10-9-6(2)11(7)3/h5H,4H2,1-3H3,(H,12,13)/t5-/m1/s1. The maximum atomic E-state index is 10.4. The normalized spacial score (nSPS) is 12.8. The van der Waals surface area contributed by atoms with Crippen LogP contribution in [0.25, 0.3) is 0 Å². The molecule has 78 valence electrons. The van der Waals surface area contributed by atoms with Crippen molar-refractivity contribution < 1.29 is 14.6 Å². The molecule has 6 heteroatoms. The first-order valence-corrected chi connectivity index (χ1v) is 4.21. The van der Waals surface area contributed by atoms with Crippen LogP contribution in [0.3, 0.4) is 0 Å². The first-order valence-electron chi connectivity index (χ1n) is 4.21. The Hall–Kier alpha value is -1.43. The van der Waals surface area contributed by atoms with Crippen LogP contribution in [-0.2, 0) is 23.2 Å². The molecule has 0 saturated carbocycles. The van der Waals surface area contributed by atoms with Gasteiger partial charge in [0.1, 0.15) is 12.4 Å². The lowest BCUT2D eigenvalue weighted by Gasteiger charge is -2.07. The number of hydrogen-bond acceptors (Lipinski definition) is 4. The minimum atomic E-state index is -0.983. The summed E-state index contributed by atoms with van der Waals surface area (Å²) < 4.78 is 6.82. The Morgan fingerprint density at radius 3 is 2.71 bits per heavy atom. The van der Waals surface area contributed by atoms with Crippen molar-refractivity contribution >= 4 is 5.97 Å². The Morgan fingerprint density at radius 1 is 1.64 bits per heavy atom. The van der Waals surface area contributed by atoms with Crippen molar-refractivity contribution in [2.45, 2.75) is 26.6 Å². The molecule has 1 rings (SSSR count). The summed E-state index contributed by atoms with van der Waals surface area (Å²) in [6, 6.07) is 0. The topological polar surface area (TPSA) is 77.2 Å². The van der Waals surface area contributed by atoms with Crippen molar-refractivity contribution in [3.8, 4) is 0 Å². The summed E-state index contributed by atoms with van der Waals surface area (Å²) in [6.07, 6.45) is -0.827. The van der Waals surface area contributed by atoms with E-state index in [4.69, 9.17) is 9.84 Å². The molecule has 0 aliphatic rings. The van der Waals surface area contributed by atoms with Crippen LogP contribution in [0.2, 0.25) is 0 Å². The highest BCUT2D eigenvalue weighted by atomic mass is 16.5. The first kappa shape index (κ1) is 10.6. The number of hydrogen-bond donors (Lipinski definition) is 1. The van der Waals surface area contributed by atoms with E-state index in [0.717, 1.165) is 5.82 Å². The van der Waals surface area contributed by atoms with Crippen molar-refractivity contribution in [2.75, 3.05) is 0 Å². The Labute approximate surface area is 81.5 Å². The van der Waals surface area contributed by atoms with E-state index in [1.807, 2.05) is 6.92 Å². The fraction of sp³-hybridized carbons (Fsp3) is 0.625. The molecule has 0 amide bonds. The lowest BCUT2D eigenvalue weighted by molar-refractivity contribution is -0.150. The SMILES string of the molecule is Cc1nnc(CO[C@H](C)C(=O)O)n1C. The van der Waals surface area contributed by atoms with Crippen molar-refractivity contribution in [3.05, 3.63) is 11.6 Å². The molecule has 0 unspecified atom stereocenters. The predicted octanol–water partition coefficient (Wildman–Crippen LogP) is 0.113. The quantitative estimate of drug-likeness (QED) is 0.744. The van der Waals surface area contributed by atoms with Gasteiger partial charge in [-0.25, -0.2) is 4.79 Å². The van der Waals surface area contributed by atoms with Crippen LogP contribution >= 0.6 is 0 Å². The van der Waals surface area contributed by atoms with Gasteiger partial charge in [0, 0.05) is 7.05 Å². The number of carboxylic acids is 1. The number of ether oxygens (including phenoxy) is 1. The average molecular weight is 199 g/mol. The molecular formula is C8H13N3O3. The maximum absolute atomic E-state index is 10.4. The summed E-state index contributed by atoms with van der Waals surface area (Å²) in [6.45, 7) is 3.45. The lowest BCUT2D eigenvalue weighted by Crippen LogP contribution is -2.20. The molecular weight excluding hydrogens is 186 g/mol. The Balaban J connectivity index is 2.54. The Bertz CT molecular complexity index is 335. The maximum Gasteiger partial charge on any atom is 0.332 e. The van der Waals surface area contributed by atoms with E-state index in [2.05, 4.69) is 10.2 Å². The van der Waals surface area contributed by atoms with E-state index >= 15 is 0 Å². The number of aliphatic carboxylic acids is 1. The van der Waals surface area contributed by atoms with Gasteiger partial charge in [0.15, 0.2) is 11.9 Å². The van der Waals surface area contributed by atoms with Gasteiger partial charge in [-0.3, -0.25) is 0 Å². The van der Waals surface area contributed by atoms with Crippen molar-refractivity contribution in [1.29, 1.82) is 0 Å². The molecule has 0 radical (unpaired) electrons. The summed E-state index contributed by atoms with van der Waals surface area (Å²) >= 11 is 0. The molecule has 1 atom stereocenters. The van der Waals surface area contributed by atoms with Gasteiger partial charge >= 0.3 is 5.97 Å². The number of aryl methyl sites for hydroxylation is 1. The predicted molar refractivity (Wildman–Crippen MR) is 47.6 cm³/mol. The third kappa shape index (κ3) is 2.29. The molecule has 0 fully saturated rings. The van der Waals surface area contributed by atoms with Crippen LogP contribution < -0.4 is 0 Å². The van der Waals surface area contributed by atoms with E-state index in [1.54, 1.807) is 11.6 Å². The second-order valence-corrected chi connectivity index (χ2v) is 3.01. The zero-order chi connectivity index (χ0) is 10.7. The van der Waals surface area contributed by atoms with E-state index < -0.39 is 12.1 Å². The minimum Gasteiger partial charge on any atom is -0.479 e. The molecule has 1 heterocycles. The van der Waals surface area contributed by atoms with Crippen LogP contribution in [0.1, 0.15) is 18.6 Å². The number of rotatable bonds is 4. The van der Waals surface area contributed by atoms with Crippen molar-refractivity contribution in [2.24, 2.45) is 7.05 Å². The molecule has 0 aliphatic carbocycles. The van der Waals surface area contributed by atoms with E-state index in [9.17, 15) is 4.79 Å². The Kier molecular flexibility index (Phi) is 3.19. The summed E-state index contributed by atoms with van der Waals surface area (Å²) in [5, 5.41) is 16.2. The van der Waals surface area contributed by atoms with E-state index in [0.29, 0.717) is 5.82 Å². The van der Waals surface area contributed by atoms with E-state index in [-0.39, 0.29) is 6.61 Å². The molecule has 0 aliphatic heterocycles. The molecule has 0 bridgehead atoms. The van der Waals surface area contributed by atoms with Crippen LogP contribution in [0.15, 0.2) is 0 Å². The molecule has 0 saturated heterocycles. The number of nitrogens with zero attached hydrogens (tertiary/aromatic N) is 3. The third-order valence-corrected chi connectivity index (χ3v) is 1.99. The van der Waals surface area contributed by atoms with Crippen LogP contribution in [-0.4, -0.2) is 31.9 Å². The summed E-state index contributed by atoms with van der Waals surface area (Å²) in [5.41, 5.74) is 0. The van der Waals surface area contributed by atoms with Gasteiger partial charge in [0.25, 0.3) is 0 Å². The molecule has 6 nitrogen and oxygen atoms in total. The minimum absolute atomic E-state index is 0.158.